The van der Waals surface area contributed by atoms with E-state index in [1.807, 2.05) is 24.3 Å². The average molecular weight is 320 g/mol. The Labute approximate surface area is 140 Å². The maximum atomic E-state index is 12.6. The molecule has 0 saturated carbocycles. The number of pyridine rings is 1. The maximum Gasteiger partial charge on any atom is 0.239 e. The minimum Gasteiger partial charge on any atom is -0.357 e. The summed E-state index contributed by atoms with van der Waals surface area (Å²) in [6, 6.07) is 12.0. The molecule has 2 atom stereocenters. The molecule has 4 rings (SSSR count). The Kier molecular flexibility index (Phi) is 3.58. The summed E-state index contributed by atoms with van der Waals surface area (Å²) in [5.74, 6) is 0.102. The number of amides is 1. The molecule has 0 bridgehead atoms. The Morgan fingerprint density at radius 2 is 1.92 bits per heavy atom. The van der Waals surface area contributed by atoms with Crippen molar-refractivity contribution in [3.8, 4) is 0 Å². The second-order valence-corrected chi connectivity index (χ2v) is 6.43. The molecule has 2 aromatic heterocycles. The normalized spacial score (nSPS) is 19.9. The fourth-order valence-corrected chi connectivity index (χ4v) is 3.52. The van der Waals surface area contributed by atoms with Crippen molar-refractivity contribution in [2.75, 3.05) is 14.1 Å². The maximum absolute atomic E-state index is 12.6. The largest absolute Gasteiger partial charge is 0.357 e. The lowest BCUT2D eigenvalue weighted by molar-refractivity contribution is -0.131. The highest BCUT2D eigenvalue weighted by molar-refractivity contribution is 5.88. The molecular formula is C19H20N4O. The third-order valence-corrected chi connectivity index (χ3v) is 4.69. The van der Waals surface area contributed by atoms with Gasteiger partial charge in [-0.2, -0.15) is 0 Å². The summed E-state index contributed by atoms with van der Waals surface area (Å²) in [5.41, 5.74) is 4.59. The minimum absolute atomic E-state index is 0.0435. The highest BCUT2D eigenvalue weighted by Gasteiger charge is 2.34. The zero-order valence-electron chi connectivity index (χ0n) is 13.8. The van der Waals surface area contributed by atoms with Crippen LogP contribution in [0, 0.1) is 0 Å². The van der Waals surface area contributed by atoms with Crippen molar-refractivity contribution in [2.24, 2.45) is 0 Å². The predicted molar refractivity (Wildman–Crippen MR) is 93.7 cm³/mol. The lowest BCUT2D eigenvalue weighted by atomic mass is 9.90. The van der Waals surface area contributed by atoms with Crippen LogP contribution in [0.2, 0.25) is 0 Å². The number of aromatic nitrogens is 2. The molecule has 0 aliphatic carbocycles. The van der Waals surface area contributed by atoms with E-state index in [2.05, 4.69) is 27.4 Å². The lowest BCUT2D eigenvalue weighted by Gasteiger charge is -2.32. The molecular weight excluding hydrogens is 300 g/mol. The number of aromatic amines is 1. The van der Waals surface area contributed by atoms with Gasteiger partial charge in [0, 0.05) is 43.1 Å². The van der Waals surface area contributed by atoms with Gasteiger partial charge in [-0.15, -0.1) is 0 Å². The molecule has 3 heterocycles. The van der Waals surface area contributed by atoms with Gasteiger partial charge in [0.1, 0.15) is 0 Å². The van der Waals surface area contributed by atoms with E-state index in [9.17, 15) is 4.79 Å². The molecule has 0 unspecified atom stereocenters. The first-order valence-electron chi connectivity index (χ1n) is 8.12. The molecule has 2 N–H and O–H groups in total. The molecule has 122 valence electrons. The summed E-state index contributed by atoms with van der Waals surface area (Å²) in [6.07, 6.45) is 4.27. The summed E-state index contributed by atoms with van der Waals surface area (Å²) in [4.78, 5) is 21.9. The van der Waals surface area contributed by atoms with Gasteiger partial charge in [-0.05, 0) is 35.7 Å². The van der Waals surface area contributed by atoms with Gasteiger partial charge >= 0.3 is 0 Å². The fourth-order valence-electron chi connectivity index (χ4n) is 3.52. The number of rotatable bonds is 2. The monoisotopic (exact) mass is 320 g/mol. The molecule has 1 aliphatic heterocycles. The molecule has 0 spiro atoms. The van der Waals surface area contributed by atoms with Gasteiger partial charge in [-0.3, -0.25) is 15.1 Å². The zero-order chi connectivity index (χ0) is 16.7. The topological polar surface area (TPSA) is 61.0 Å². The summed E-state index contributed by atoms with van der Waals surface area (Å²) >= 11 is 0. The minimum atomic E-state index is -0.232. The van der Waals surface area contributed by atoms with Crippen LogP contribution in [0.4, 0.5) is 0 Å². The predicted octanol–water partition coefficient (Wildman–Crippen LogP) is 2.25. The molecule has 0 saturated heterocycles. The first-order valence-corrected chi connectivity index (χ1v) is 8.12. The van der Waals surface area contributed by atoms with E-state index in [-0.39, 0.29) is 18.0 Å². The average Bonchev–Trinajstić information content (AvgIpc) is 2.99. The number of H-pyrrole nitrogens is 1. The van der Waals surface area contributed by atoms with E-state index in [1.54, 1.807) is 31.4 Å². The smallest absolute Gasteiger partial charge is 0.239 e. The van der Waals surface area contributed by atoms with Crippen LogP contribution in [0.1, 0.15) is 22.9 Å². The fraction of sp³-hybridized carbons (Fsp3) is 0.263. The Morgan fingerprint density at radius 3 is 2.67 bits per heavy atom. The van der Waals surface area contributed by atoms with Crippen molar-refractivity contribution >= 4 is 16.8 Å². The van der Waals surface area contributed by atoms with Crippen molar-refractivity contribution in [1.82, 2.24) is 20.2 Å². The van der Waals surface area contributed by atoms with Crippen LogP contribution in [0.5, 0.6) is 0 Å². The number of likely N-dealkylation sites (N-methyl/N-ethyl adjacent to an activating group) is 1. The molecule has 5 heteroatoms. The summed E-state index contributed by atoms with van der Waals surface area (Å²) in [5, 5.41) is 4.72. The van der Waals surface area contributed by atoms with E-state index >= 15 is 0 Å². The molecule has 24 heavy (non-hydrogen) atoms. The van der Waals surface area contributed by atoms with Crippen LogP contribution in [-0.4, -0.2) is 40.9 Å². The molecule has 0 fully saturated rings. The molecule has 3 aromatic rings. The van der Waals surface area contributed by atoms with Crippen LogP contribution in [0.15, 0.2) is 48.8 Å². The van der Waals surface area contributed by atoms with Gasteiger partial charge in [-0.1, -0.05) is 18.2 Å². The standard InChI is InChI=1S/C19H20N4O/c1-23(2)19(24)16-11-14-13-5-3-4-6-15(13)21-18(14)17(22-16)12-7-9-20-10-8-12/h3-10,16-17,21-22H,11H2,1-2H3/t16-,17+/m1/s1. The van der Waals surface area contributed by atoms with Crippen molar-refractivity contribution in [2.45, 2.75) is 18.5 Å². The number of nitrogens with zero attached hydrogens (tertiary/aromatic N) is 2. The van der Waals surface area contributed by atoms with Crippen LogP contribution in [0.25, 0.3) is 10.9 Å². The number of benzene rings is 1. The Bertz CT molecular complexity index is 885. The van der Waals surface area contributed by atoms with Crippen LogP contribution >= 0.6 is 0 Å². The van der Waals surface area contributed by atoms with Crippen molar-refractivity contribution in [3.63, 3.8) is 0 Å². The third-order valence-electron chi connectivity index (χ3n) is 4.69. The number of fused-ring (bicyclic) bond motifs is 3. The van der Waals surface area contributed by atoms with E-state index in [0.717, 1.165) is 16.8 Å². The Morgan fingerprint density at radius 1 is 1.17 bits per heavy atom. The Hall–Kier alpha value is -2.66. The molecule has 5 nitrogen and oxygen atoms in total. The third kappa shape index (κ3) is 2.37. The number of nitrogens with one attached hydrogen (secondary N) is 2. The van der Waals surface area contributed by atoms with E-state index in [1.165, 1.54) is 10.9 Å². The zero-order valence-corrected chi connectivity index (χ0v) is 13.8. The quantitative estimate of drug-likeness (QED) is 0.761. The first kappa shape index (κ1) is 14.9. The highest BCUT2D eigenvalue weighted by atomic mass is 16.2. The number of hydrogen-bond acceptors (Lipinski definition) is 3. The van der Waals surface area contributed by atoms with Gasteiger partial charge < -0.3 is 9.88 Å². The molecule has 1 amide bonds. The van der Waals surface area contributed by atoms with Gasteiger partial charge in [0.05, 0.1) is 12.1 Å². The van der Waals surface area contributed by atoms with Crippen molar-refractivity contribution < 1.29 is 4.79 Å². The van der Waals surface area contributed by atoms with Crippen molar-refractivity contribution in [3.05, 3.63) is 65.6 Å². The molecule has 1 aromatic carbocycles. The number of para-hydroxylation sites is 1. The van der Waals surface area contributed by atoms with Gasteiger partial charge in [0.15, 0.2) is 0 Å². The van der Waals surface area contributed by atoms with Crippen molar-refractivity contribution in [1.29, 1.82) is 0 Å². The number of carbonyl (C=O) groups is 1. The lowest BCUT2D eigenvalue weighted by Crippen LogP contribution is -2.49. The first-order chi connectivity index (χ1) is 11.6. The van der Waals surface area contributed by atoms with E-state index < -0.39 is 0 Å². The van der Waals surface area contributed by atoms with Gasteiger partial charge in [-0.25, -0.2) is 0 Å². The van der Waals surface area contributed by atoms with Crippen LogP contribution in [0.3, 0.4) is 0 Å². The van der Waals surface area contributed by atoms with E-state index in [4.69, 9.17) is 0 Å². The molecule has 1 aliphatic rings. The van der Waals surface area contributed by atoms with Crippen LogP contribution < -0.4 is 5.32 Å². The number of hydrogen-bond donors (Lipinski definition) is 2. The van der Waals surface area contributed by atoms with Crippen LogP contribution in [-0.2, 0) is 11.2 Å². The number of carbonyl (C=O) groups excluding carboxylic acids is 1. The second kappa shape index (κ2) is 5.76. The van der Waals surface area contributed by atoms with Gasteiger partial charge in [0.25, 0.3) is 0 Å². The summed E-state index contributed by atoms with van der Waals surface area (Å²) in [6.45, 7) is 0. The van der Waals surface area contributed by atoms with E-state index in [0.29, 0.717) is 6.42 Å². The highest BCUT2D eigenvalue weighted by Crippen LogP contribution is 2.35. The summed E-state index contributed by atoms with van der Waals surface area (Å²) < 4.78 is 0. The molecule has 0 radical (unpaired) electrons. The van der Waals surface area contributed by atoms with Gasteiger partial charge in [0.2, 0.25) is 5.91 Å². The second-order valence-electron chi connectivity index (χ2n) is 6.43. The SMILES string of the molecule is CN(C)C(=O)[C@H]1Cc2c([nH]c3ccccc23)[C@H](c2ccncc2)N1. The summed E-state index contributed by atoms with van der Waals surface area (Å²) in [7, 11) is 3.60. The Balaban J connectivity index is 1.86.